The predicted molar refractivity (Wildman–Crippen MR) is 67.6 cm³/mol. The third kappa shape index (κ3) is 3.87. The SMILES string of the molecule is Cc1cc(S(=O)(=O)NC(=O)CCC(C)C)c(C)o1. The summed E-state index contributed by atoms with van der Waals surface area (Å²) in [6, 6.07) is 1.41. The van der Waals surface area contributed by atoms with Crippen LogP contribution in [0.2, 0.25) is 0 Å². The lowest BCUT2D eigenvalue weighted by molar-refractivity contribution is -0.119. The topological polar surface area (TPSA) is 76.4 Å². The monoisotopic (exact) mass is 273 g/mol. The minimum atomic E-state index is -3.81. The first-order valence-corrected chi connectivity index (χ1v) is 7.33. The second-order valence-corrected chi connectivity index (χ2v) is 6.39. The Morgan fingerprint density at radius 1 is 1.39 bits per heavy atom. The molecular formula is C12H19NO4S. The number of sulfonamides is 1. The minimum absolute atomic E-state index is 0.0258. The van der Waals surface area contributed by atoms with Crippen LogP contribution >= 0.6 is 0 Å². The number of nitrogens with one attached hydrogen (secondary N) is 1. The maximum absolute atomic E-state index is 11.9. The number of amides is 1. The Labute approximate surface area is 108 Å². The van der Waals surface area contributed by atoms with Gasteiger partial charge in [-0.1, -0.05) is 13.8 Å². The zero-order chi connectivity index (χ0) is 13.9. The number of hydrogen-bond acceptors (Lipinski definition) is 4. The summed E-state index contributed by atoms with van der Waals surface area (Å²) in [5.41, 5.74) is 0. The Morgan fingerprint density at radius 2 is 2.00 bits per heavy atom. The summed E-state index contributed by atoms with van der Waals surface area (Å²) in [7, 11) is -3.81. The van der Waals surface area contributed by atoms with Crippen LogP contribution in [0.4, 0.5) is 0 Å². The molecule has 18 heavy (non-hydrogen) atoms. The van der Waals surface area contributed by atoms with Gasteiger partial charge < -0.3 is 4.42 Å². The van der Waals surface area contributed by atoms with Gasteiger partial charge in [0.05, 0.1) is 0 Å². The fourth-order valence-corrected chi connectivity index (χ4v) is 2.80. The van der Waals surface area contributed by atoms with Gasteiger partial charge in [0.25, 0.3) is 10.0 Å². The lowest BCUT2D eigenvalue weighted by Gasteiger charge is -2.07. The molecular weight excluding hydrogens is 254 g/mol. The number of furan rings is 1. The summed E-state index contributed by atoms with van der Waals surface area (Å²) in [6.07, 6.45) is 0.859. The van der Waals surface area contributed by atoms with Gasteiger partial charge in [-0.15, -0.1) is 0 Å². The molecule has 0 aliphatic rings. The number of hydrogen-bond donors (Lipinski definition) is 1. The van der Waals surface area contributed by atoms with E-state index < -0.39 is 15.9 Å². The maximum Gasteiger partial charge on any atom is 0.267 e. The van der Waals surface area contributed by atoms with E-state index in [0.717, 1.165) is 0 Å². The van der Waals surface area contributed by atoms with E-state index in [4.69, 9.17) is 4.42 Å². The molecule has 1 heterocycles. The van der Waals surface area contributed by atoms with Gasteiger partial charge in [-0.3, -0.25) is 4.79 Å². The third-order valence-electron chi connectivity index (χ3n) is 2.48. The highest BCUT2D eigenvalue weighted by Gasteiger charge is 2.22. The average molecular weight is 273 g/mol. The molecule has 1 amide bonds. The van der Waals surface area contributed by atoms with Crippen LogP contribution in [0.25, 0.3) is 0 Å². The Morgan fingerprint density at radius 3 is 2.44 bits per heavy atom. The van der Waals surface area contributed by atoms with Crippen molar-refractivity contribution in [1.82, 2.24) is 4.72 Å². The molecule has 6 heteroatoms. The molecule has 0 saturated heterocycles. The Hall–Kier alpha value is -1.30. The van der Waals surface area contributed by atoms with Crippen molar-refractivity contribution in [2.75, 3.05) is 0 Å². The summed E-state index contributed by atoms with van der Waals surface area (Å²) in [5.74, 6) is 0.664. The maximum atomic E-state index is 11.9. The molecule has 0 radical (unpaired) electrons. The average Bonchev–Trinajstić information content (AvgIpc) is 2.55. The van der Waals surface area contributed by atoms with E-state index in [-0.39, 0.29) is 17.1 Å². The molecule has 0 spiro atoms. The molecule has 1 aromatic heterocycles. The fraction of sp³-hybridized carbons (Fsp3) is 0.583. The molecule has 0 aliphatic carbocycles. The van der Waals surface area contributed by atoms with Crippen molar-refractivity contribution in [3.63, 3.8) is 0 Å². The van der Waals surface area contributed by atoms with Crippen LogP contribution in [0.5, 0.6) is 0 Å². The smallest absolute Gasteiger partial charge is 0.267 e. The fourth-order valence-electron chi connectivity index (χ4n) is 1.55. The van der Waals surface area contributed by atoms with Crippen molar-refractivity contribution < 1.29 is 17.6 Å². The molecule has 0 aliphatic heterocycles. The molecule has 0 unspecified atom stereocenters. The first-order chi connectivity index (χ1) is 8.22. The van der Waals surface area contributed by atoms with E-state index in [9.17, 15) is 13.2 Å². The molecule has 0 aromatic carbocycles. The van der Waals surface area contributed by atoms with E-state index in [1.165, 1.54) is 6.07 Å². The van der Waals surface area contributed by atoms with Crippen LogP contribution < -0.4 is 4.72 Å². The van der Waals surface area contributed by atoms with Crippen molar-refractivity contribution >= 4 is 15.9 Å². The van der Waals surface area contributed by atoms with Crippen LogP contribution in [0.3, 0.4) is 0 Å². The molecule has 102 valence electrons. The highest BCUT2D eigenvalue weighted by molar-refractivity contribution is 7.90. The predicted octanol–water partition coefficient (Wildman–Crippen LogP) is 2.14. The Bertz CT molecular complexity index is 528. The second-order valence-electron chi connectivity index (χ2n) is 4.74. The van der Waals surface area contributed by atoms with Crippen LogP contribution in [0, 0.1) is 19.8 Å². The second kappa shape index (κ2) is 5.56. The van der Waals surface area contributed by atoms with Gasteiger partial charge >= 0.3 is 0 Å². The Balaban J connectivity index is 2.77. The highest BCUT2D eigenvalue weighted by atomic mass is 32.2. The molecule has 1 rings (SSSR count). The molecule has 0 atom stereocenters. The van der Waals surface area contributed by atoms with Gasteiger partial charge in [0.15, 0.2) is 0 Å². The summed E-state index contributed by atoms with van der Waals surface area (Å²) in [5, 5.41) is 0. The number of carbonyl (C=O) groups excluding carboxylic acids is 1. The van der Waals surface area contributed by atoms with Gasteiger partial charge in [-0.2, -0.15) is 0 Å². The standard InChI is InChI=1S/C12H19NO4S/c1-8(2)5-6-12(14)13-18(15,16)11-7-9(3)17-10(11)4/h7-8H,5-6H2,1-4H3,(H,13,14). The van der Waals surface area contributed by atoms with Gasteiger partial charge in [-0.25, -0.2) is 13.1 Å². The van der Waals surface area contributed by atoms with Gasteiger partial charge in [0.2, 0.25) is 5.91 Å². The van der Waals surface area contributed by atoms with Gasteiger partial charge in [-0.05, 0) is 26.2 Å². The van der Waals surface area contributed by atoms with E-state index >= 15 is 0 Å². The lowest BCUT2D eigenvalue weighted by atomic mass is 10.1. The van der Waals surface area contributed by atoms with Crippen molar-refractivity contribution in [2.24, 2.45) is 5.92 Å². The van der Waals surface area contributed by atoms with E-state index in [0.29, 0.717) is 18.1 Å². The summed E-state index contributed by atoms with van der Waals surface area (Å²) in [6.45, 7) is 7.17. The normalized spacial score (nSPS) is 11.8. The summed E-state index contributed by atoms with van der Waals surface area (Å²) < 4.78 is 31.1. The largest absolute Gasteiger partial charge is 0.465 e. The van der Waals surface area contributed by atoms with Crippen LogP contribution in [-0.2, 0) is 14.8 Å². The quantitative estimate of drug-likeness (QED) is 0.891. The van der Waals surface area contributed by atoms with E-state index in [2.05, 4.69) is 4.72 Å². The van der Waals surface area contributed by atoms with Crippen molar-refractivity contribution in [3.8, 4) is 0 Å². The van der Waals surface area contributed by atoms with Crippen LogP contribution in [-0.4, -0.2) is 14.3 Å². The highest BCUT2D eigenvalue weighted by Crippen LogP contribution is 2.19. The van der Waals surface area contributed by atoms with E-state index in [1.54, 1.807) is 13.8 Å². The lowest BCUT2D eigenvalue weighted by Crippen LogP contribution is -2.30. The van der Waals surface area contributed by atoms with Crippen molar-refractivity contribution in [2.45, 2.75) is 45.4 Å². The zero-order valence-electron chi connectivity index (χ0n) is 11.1. The zero-order valence-corrected chi connectivity index (χ0v) is 11.9. The number of carbonyl (C=O) groups is 1. The molecule has 1 N–H and O–H groups in total. The van der Waals surface area contributed by atoms with Crippen molar-refractivity contribution in [3.05, 3.63) is 17.6 Å². The van der Waals surface area contributed by atoms with Gasteiger partial charge in [0, 0.05) is 12.5 Å². The van der Waals surface area contributed by atoms with Crippen LogP contribution in [0.15, 0.2) is 15.4 Å². The third-order valence-corrected chi connectivity index (χ3v) is 3.96. The molecule has 1 aromatic rings. The first-order valence-electron chi connectivity index (χ1n) is 5.85. The van der Waals surface area contributed by atoms with E-state index in [1.807, 2.05) is 13.8 Å². The van der Waals surface area contributed by atoms with Crippen LogP contribution in [0.1, 0.15) is 38.2 Å². The first kappa shape index (κ1) is 14.8. The molecule has 0 bridgehead atoms. The molecule has 5 nitrogen and oxygen atoms in total. The Kier molecular flexibility index (Phi) is 4.56. The summed E-state index contributed by atoms with van der Waals surface area (Å²) >= 11 is 0. The summed E-state index contributed by atoms with van der Waals surface area (Å²) in [4.78, 5) is 11.6. The number of aryl methyl sites for hydroxylation is 2. The minimum Gasteiger partial charge on any atom is -0.465 e. The molecule has 0 fully saturated rings. The van der Waals surface area contributed by atoms with Gasteiger partial charge in [0.1, 0.15) is 16.4 Å². The number of rotatable bonds is 5. The molecule has 0 saturated carbocycles. The van der Waals surface area contributed by atoms with Crippen molar-refractivity contribution in [1.29, 1.82) is 0 Å².